The van der Waals surface area contributed by atoms with Gasteiger partial charge in [-0.2, -0.15) is 0 Å². The molecule has 0 amide bonds. The fourth-order valence-electron chi connectivity index (χ4n) is 0. The molecule has 0 rings (SSSR count). The predicted molar refractivity (Wildman–Crippen MR) is 30.1 cm³/mol. The molecule has 13 heavy (non-hydrogen) atoms. The van der Waals surface area contributed by atoms with Gasteiger partial charge in [-0.1, -0.05) is 0 Å². The topological polar surface area (TPSA) is 126 Å². The van der Waals surface area contributed by atoms with Crippen molar-refractivity contribution in [3.8, 4) is 0 Å². The van der Waals surface area contributed by atoms with E-state index < -0.39 is 18.3 Å². The molecule has 0 aromatic carbocycles. The first kappa shape index (κ1) is 45.0. The Hall–Kier alpha value is 2.58. The molecule has 0 aromatic rings. The maximum absolute atomic E-state index is 8.52. The van der Waals surface area contributed by atoms with Gasteiger partial charge in [0.15, 0.2) is 0 Å². The van der Waals surface area contributed by atoms with Crippen LogP contribution in [0.25, 0.3) is 0 Å². The van der Waals surface area contributed by atoms with E-state index in [0.717, 1.165) is 0 Å². The van der Waals surface area contributed by atoms with E-state index in [1.807, 2.05) is 0 Å². The zero-order valence-corrected chi connectivity index (χ0v) is 20.9. The van der Waals surface area contributed by atoms with Gasteiger partial charge in [0.2, 0.25) is 0 Å². The molecule has 0 heterocycles. The van der Waals surface area contributed by atoms with E-state index in [0.29, 0.717) is 0 Å². The summed E-state index contributed by atoms with van der Waals surface area (Å²) >= 11 is 0. The minimum absolute atomic E-state index is 0. The van der Waals surface area contributed by atoms with Crippen LogP contribution in [0.1, 0.15) is 0 Å². The number of halogens is 2. The Labute approximate surface area is 151 Å². The van der Waals surface area contributed by atoms with Crippen LogP contribution in [-0.4, -0.2) is 100 Å². The molecular formula is Cl2O6Pb3Si2. The van der Waals surface area contributed by atoms with Crippen LogP contribution in [0.5, 0.6) is 0 Å². The van der Waals surface area contributed by atoms with Gasteiger partial charge in [-0.3, -0.25) is 0 Å². The predicted octanol–water partition coefficient (Wildman–Crippen LogP) is -12.9. The third kappa shape index (κ3) is 347. The van der Waals surface area contributed by atoms with E-state index in [4.69, 9.17) is 28.1 Å². The number of hydrogen-bond donors (Lipinski definition) is 0. The van der Waals surface area contributed by atoms with Gasteiger partial charge in [0.1, 0.15) is 0 Å². The molecule has 6 nitrogen and oxygen atoms in total. The van der Waals surface area contributed by atoms with Crippen molar-refractivity contribution in [3.05, 3.63) is 0 Å². The van der Waals surface area contributed by atoms with E-state index >= 15 is 0 Å². The Morgan fingerprint density at radius 2 is 0.615 bits per heavy atom. The SMILES string of the molecule is O=[Si]([O-])[O-].O=[Si]([O-])[O-].[Cl-].[Cl-].[Pb+2].[Pb+2].[Pb+2]. The Morgan fingerprint density at radius 3 is 0.615 bits per heavy atom. The number of hydrogen-bond acceptors (Lipinski definition) is 6. The van der Waals surface area contributed by atoms with Crippen LogP contribution < -0.4 is 44.0 Å². The summed E-state index contributed by atoms with van der Waals surface area (Å²) in [4.78, 5) is 34.1. The zero-order valence-electron chi connectivity index (χ0n) is 5.71. The van der Waals surface area contributed by atoms with Crippen LogP contribution in [0.15, 0.2) is 0 Å². The monoisotopic (exact) mass is 846 g/mol. The van der Waals surface area contributed by atoms with Crippen molar-refractivity contribution >= 4 is 100 Å². The smallest absolute Gasteiger partial charge is 1.00 e. The van der Waals surface area contributed by atoms with E-state index in [2.05, 4.69) is 0 Å². The summed E-state index contributed by atoms with van der Waals surface area (Å²) in [7, 11) is -7.26. The van der Waals surface area contributed by atoms with Crippen LogP contribution >= 0.6 is 0 Å². The average molecular weight is 845 g/mol. The molecule has 0 spiro atoms. The molecule has 0 aliphatic carbocycles. The minimum Gasteiger partial charge on any atom is -1.00 e. The van der Waals surface area contributed by atoms with Crippen LogP contribution in [0.4, 0.5) is 0 Å². The molecule has 70 valence electrons. The van der Waals surface area contributed by atoms with Crippen molar-refractivity contribution in [2.45, 2.75) is 0 Å². The van der Waals surface area contributed by atoms with Crippen LogP contribution in [0.3, 0.4) is 0 Å². The molecule has 0 unspecified atom stereocenters. The molecule has 0 N–H and O–H groups in total. The molecule has 0 aliphatic rings. The molecule has 0 bridgehead atoms. The van der Waals surface area contributed by atoms with Crippen LogP contribution in [0, 0.1) is 0 Å². The summed E-state index contributed by atoms with van der Waals surface area (Å²) in [6.45, 7) is 0. The second-order valence-electron chi connectivity index (χ2n) is 0.500. The molecular weight excluding hydrogens is 845 g/mol. The summed E-state index contributed by atoms with van der Waals surface area (Å²) in [6.07, 6.45) is 0. The quantitative estimate of drug-likeness (QED) is 0.223. The third-order valence-corrected chi connectivity index (χ3v) is 0. The summed E-state index contributed by atoms with van der Waals surface area (Å²) < 4.78 is 17.0. The Balaban J connectivity index is -0.00000000800. The second kappa shape index (κ2) is 36.5. The first-order valence-electron chi connectivity index (χ1n) is 1.22. The van der Waals surface area contributed by atoms with E-state index in [-0.39, 0.29) is 107 Å². The molecule has 13 heteroatoms. The van der Waals surface area contributed by atoms with Crippen LogP contribution in [0.2, 0.25) is 0 Å². The fourth-order valence-corrected chi connectivity index (χ4v) is 0. The van der Waals surface area contributed by atoms with Crippen molar-refractivity contribution < 1.29 is 52.9 Å². The average Bonchev–Trinajstić information content (AvgIpc) is 1.25. The molecule has 0 atom stereocenters. The Bertz CT molecular complexity index is 81.9. The molecule has 0 aliphatic heterocycles. The fraction of sp³-hybridized carbons (Fsp3) is 0. The number of rotatable bonds is 0. The van der Waals surface area contributed by atoms with E-state index in [9.17, 15) is 0 Å². The van der Waals surface area contributed by atoms with Gasteiger partial charge in [0, 0.05) is 18.3 Å². The molecule has 0 aromatic heterocycles. The Morgan fingerprint density at radius 1 is 0.615 bits per heavy atom. The summed E-state index contributed by atoms with van der Waals surface area (Å²) in [5.74, 6) is 0. The molecule has 6 radical (unpaired) electrons. The van der Waals surface area contributed by atoms with Crippen molar-refractivity contribution in [3.63, 3.8) is 0 Å². The van der Waals surface area contributed by atoms with Crippen molar-refractivity contribution in [1.29, 1.82) is 0 Å². The molecule has 0 saturated carbocycles. The van der Waals surface area contributed by atoms with Crippen molar-refractivity contribution in [2.24, 2.45) is 0 Å². The van der Waals surface area contributed by atoms with Crippen molar-refractivity contribution in [2.75, 3.05) is 0 Å². The van der Waals surface area contributed by atoms with Gasteiger partial charge in [-0.05, 0) is 0 Å². The summed E-state index contributed by atoms with van der Waals surface area (Å²) in [5.41, 5.74) is 0. The third-order valence-electron chi connectivity index (χ3n) is 0. The molecule has 0 fully saturated rings. The van der Waals surface area contributed by atoms with Gasteiger partial charge in [0.05, 0.1) is 0 Å². The summed E-state index contributed by atoms with van der Waals surface area (Å²) in [5, 5.41) is 0. The first-order valence-corrected chi connectivity index (χ1v) is 3.67. The van der Waals surface area contributed by atoms with Crippen molar-refractivity contribution in [1.82, 2.24) is 0 Å². The van der Waals surface area contributed by atoms with Crippen LogP contribution in [-0.2, 0) is 8.92 Å². The van der Waals surface area contributed by atoms with Gasteiger partial charge < -0.3 is 52.9 Å². The Kier molecular flexibility index (Phi) is 126. The summed E-state index contributed by atoms with van der Waals surface area (Å²) in [6, 6.07) is 0. The van der Waals surface area contributed by atoms with Gasteiger partial charge in [-0.15, -0.1) is 0 Å². The zero-order chi connectivity index (χ0) is 7.15. The van der Waals surface area contributed by atoms with Gasteiger partial charge >= 0.3 is 81.9 Å². The largest absolute Gasteiger partial charge is 2.00 e. The second-order valence-corrected chi connectivity index (χ2v) is 1.50. The first-order chi connectivity index (χ1) is 3.46. The maximum atomic E-state index is 8.52. The molecule has 0 saturated heterocycles. The minimum atomic E-state index is -3.63. The van der Waals surface area contributed by atoms with Gasteiger partial charge in [-0.25, -0.2) is 0 Å². The normalized spacial score (nSPS) is 3.69. The van der Waals surface area contributed by atoms with E-state index in [1.54, 1.807) is 0 Å². The maximum Gasteiger partial charge on any atom is 2.00 e. The van der Waals surface area contributed by atoms with Gasteiger partial charge in [0.25, 0.3) is 0 Å². The standard InChI is InChI=1S/2ClH.2O3Si.3Pb/c;;2*1-4(2)3;;;/h2*1H;;;;;/q;;2*-2;3*+2/p-2. The van der Waals surface area contributed by atoms with E-state index in [1.165, 1.54) is 0 Å².